The zero-order chi connectivity index (χ0) is 16.5. The molecule has 4 rings (SSSR count). The molecule has 1 unspecified atom stereocenters. The van der Waals surface area contributed by atoms with Gasteiger partial charge in [-0.15, -0.1) is 0 Å². The van der Waals surface area contributed by atoms with Gasteiger partial charge < -0.3 is 14.7 Å². The van der Waals surface area contributed by atoms with Crippen molar-refractivity contribution in [1.29, 1.82) is 0 Å². The zero-order valence-electron chi connectivity index (χ0n) is 13.1. The Morgan fingerprint density at radius 1 is 1.25 bits per heavy atom. The molecule has 2 fully saturated rings. The standard InChI is InChI=1S/C17H18N4O3/c22-15-13(7-4-8-18-15)17(23)21-9-12(10-21)16-19-14(20-24-16)11-5-2-1-3-6-11/h1-3,5-6,12-13H,4,7-10H2,(H,18,22). The highest BCUT2D eigenvalue weighted by Crippen LogP contribution is 2.29. The van der Waals surface area contributed by atoms with Crippen LogP contribution in [0.25, 0.3) is 11.4 Å². The first kappa shape index (κ1) is 14.9. The van der Waals surface area contributed by atoms with E-state index in [1.54, 1.807) is 4.90 Å². The van der Waals surface area contributed by atoms with E-state index in [9.17, 15) is 9.59 Å². The van der Waals surface area contributed by atoms with Crippen LogP contribution in [-0.4, -0.2) is 46.5 Å². The van der Waals surface area contributed by atoms with Gasteiger partial charge in [0.15, 0.2) is 0 Å². The van der Waals surface area contributed by atoms with Gasteiger partial charge in [-0.25, -0.2) is 0 Å². The number of nitrogens with one attached hydrogen (secondary N) is 1. The Kier molecular flexibility index (Phi) is 3.76. The van der Waals surface area contributed by atoms with E-state index in [0.717, 1.165) is 12.0 Å². The number of hydrogen-bond acceptors (Lipinski definition) is 5. The highest BCUT2D eigenvalue weighted by atomic mass is 16.5. The minimum Gasteiger partial charge on any atom is -0.355 e. The fourth-order valence-corrected chi connectivity index (χ4v) is 3.15. The minimum absolute atomic E-state index is 0.0468. The van der Waals surface area contributed by atoms with Crippen molar-refractivity contribution in [2.75, 3.05) is 19.6 Å². The third-order valence-electron chi connectivity index (χ3n) is 4.60. The number of carbonyl (C=O) groups is 2. The van der Waals surface area contributed by atoms with E-state index in [0.29, 0.717) is 37.8 Å². The van der Waals surface area contributed by atoms with Crippen molar-refractivity contribution >= 4 is 11.8 Å². The molecule has 3 heterocycles. The third-order valence-corrected chi connectivity index (χ3v) is 4.60. The van der Waals surface area contributed by atoms with Gasteiger partial charge >= 0.3 is 0 Å². The van der Waals surface area contributed by atoms with Gasteiger partial charge in [-0.2, -0.15) is 4.98 Å². The molecule has 0 spiro atoms. The molecule has 0 aliphatic carbocycles. The molecule has 7 nitrogen and oxygen atoms in total. The van der Waals surface area contributed by atoms with Crippen LogP contribution in [0, 0.1) is 5.92 Å². The molecule has 2 amide bonds. The summed E-state index contributed by atoms with van der Waals surface area (Å²) in [5.41, 5.74) is 0.902. The summed E-state index contributed by atoms with van der Waals surface area (Å²) >= 11 is 0. The number of amides is 2. The van der Waals surface area contributed by atoms with Gasteiger partial charge in [0.2, 0.25) is 23.5 Å². The Bertz CT molecular complexity index is 752. The van der Waals surface area contributed by atoms with E-state index in [2.05, 4.69) is 15.5 Å². The second-order valence-electron chi connectivity index (χ2n) is 6.25. The molecule has 7 heteroatoms. The predicted octanol–water partition coefficient (Wildman–Crippen LogP) is 1.19. The van der Waals surface area contributed by atoms with Crippen LogP contribution in [0.5, 0.6) is 0 Å². The number of aromatic nitrogens is 2. The van der Waals surface area contributed by atoms with Gasteiger partial charge in [0.05, 0.1) is 5.92 Å². The Morgan fingerprint density at radius 2 is 2.04 bits per heavy atom. The lowest BCUT2D eigenvalue weighted by atomic mass is 9.92. The van der Waals surface area contributed by atoms with Crippen molar-refractivity contribution in [3.63, 3.8) is 0 Å². The lowest BCUT2D eigenvalue weighted by molar-refractivity contribution is -0.147. The van der Waals surface area contributed by atoms with E-state index >= 15 is 0 Å². The van der Waals surface area contributed by atoms with Gasteiger partial charge in [-0.1, -0.05) is 35.5 Å². The summed E-state index contributed by atoms with van der Waals surface area (Å²) in [7, 11) is 0. The van der Waals surface area contributed by atoms with E-state index < -0.39 is 5.92 Å². The lowest BCUT2D eigenvalue weighted by Crippen LogP contribution is -2.54. The normalized spacial score (nSPS) is 21.2. The van der Waals surface area contributed by atoms with E-state index in [4.69, 9.17) is 4.52 Å². The largest absolute Gasteiger partial charge is 0.355 e. The number of hydrogen-bond donors (Lipinski definition) is 1. The molecule has 2 aliphatic heterocycles. The minimum atomic E-state index is -0.540. The van der Waals surface area contributed by atoms with Crippen LogP contribution in [0.1, 0.15) is 24.7 Å². The average molecular weight is 326 g/mol. The molecule has 0 bridgehead atoms. The number of rotatable bonds is 3. The number of piperidine rings is 1. The fraction of sp³-hybridized carbons (Fsp3) is 0.412. The maximum atomic E-state index is 12.4. The number of nitrogens with zero attached hydrogens (tertiary/aromatic N) is 3. The highest BCUT2D eigenvalue weighted by molar-refractivity contribution is 6.01. The smallest absolute Gasteiger partial charge is 0.235 e. The molecule has 24 heavy (non-hydrogen) atoms. The SMILES string of the molecule is O=C1NCCCC1C(=O)N1CC(c2nc(-c3ccccc3)no2)C1. The summed E-state index contributed by atoms with van der Waals surface area (Å²) in [6.07, 6.45) is 1.48. The Hall–Kier alpha value is -2.70. The first-order valence-electron chi connectivity index (χ1n) is 8.18. The van der Waals surface area contributed by atoms with Crippen molar-refractivity contribution in [3.8, 4) is 11.4 Å². The first-order chi connectivity index (χ1) is 11.7. The summed E-state index contributed by atoms with van der Waals surface area (Å²) in [4.78, 5) is 30.3. The van der Waals surface area contributed by atoms with Crippen LogP contribution >= 0.6 is 0 Å². The third kappa shape index (κ3) is 2.66. The lowest BCUT2D eigenvalue weighted by Gasteiger charge is -2.39. The monoisotopic (exact) mass is 326 g/mol. The van der Waals surface area contributed by atoms with Gasteiger partial charge in [0.25, 0.3) is 0 Å². The predicted molar refractivity (Wildman–Crippen MR) is 84.8 cm³/mol. The van der Waals surface area contributed by atoms with Crippen molar-refractivity contribution < 1.29 is 14.1 Å². The Balaban J connectivity index is 1.38. The molecule has 1 aromatic heterocycles. The Morgan fingerprint density at radius 3 is 2.79 bits per heavy atom. The van der Waals surface area contributed by atoms with E-state index in [-0.39, 0.29) is 17.7 Å². The van der Waals surface area contributed by atoms with Gasteiger partial charge in [0, 0.05) is 25.2 Å². The molecule has 1 atom stereocenters. The summed E-state index contributed by atoms with van der Waals surface area (Å²) < 4.78 is 5.34. The second-order valence-corrected chi connectivity index (χ2v) is 6.25. The van der Waals surface area contributed by atoms with Crippen LogP contribution < -0.4 is 5.32 Å². The van der Waals surface area contributed by atoms with Crippen molar-refractivity contribution in [3.05, 3.63) is 36.2 Å². The Labute approximate surface area is 139 Å². The molecule has 1 aromatic carbocycles. The van der Waals surface area contributed by atoms with Crippen molar-refractivity contribution in [2.24, 2.45) is 5.92 Å². The molecule has 1 N–H and O–H groups in total. The highest BCUT2D eigenvalue weighted by Gasteiger charge is 2.40. The maximum Gasteiger partial charge on any atom is 0.235 e. The average Bonchev–Trinajstić information content (AvgIpc) is 3.04. The van der Waals surface area contributed by atoms with Crippen molar-refractivity contribution in [1.82, 2.24) is 20.4 Å². The molecule has 2 saturated heterocycles. The van der Waals surface area contributed by atoms with Gasteiger partial charge in [0.1, 0.15) is 5.92 Å². The fourth-order valence-electron chi connectivity index (χ4n) is 3.15. The van der Waals surface area contributed by atoms with Gasteiger partial charge in [-0.3, -0.25) is 9.59 Å². The summed E-state index contributed by atoms with van der Waals surface area (Å²) in [6.45, 7) is 1.72. The first-order valence-corrected chi connectivity index (χ1v) is 8.18. The maximum absolute atomic E-state index is 12.4. The quantitative estimate of drug-likeness (QED) is 0.856. The molecule has 2 aromatic rings. The van der Waals surface area contributed by atoms with Crippen LogP contribution in [-0.2, 0) is 9.59 Å². The summed E-state index contributed by atoms with van der Waals surface area (Å²) in [5, 5.41) is 6.76. The molecule has 124 valence electrons. The zero-order valence-corrected chi connectivity index (χ0v) is 13.1. The molecule has 0 saturated carbocycles. The van der Waals surface area contributed by atoms with Crippen LogP contribution in [0.2, 0.25) is 0 Å². The number of benzene rings is 1. The molecule has 0 radical (unpaired) electrons. The van der Waals surface area contributed by atoms with Crippen molar-refractivity contribution in [2.45, 2.75) is 18.8 Å². The van der Waals surface area contributed by atoms with Crippen LogP contribution in [0.15, 0.2) is 34.9 Å². The second kappa shape index (κ2) is 6.07. The summed E-state index contributed by atoms with van der Waals surface area (Å²) in [5.74, 6) is 0.367. The topological polar surface area (TPSA) is 88.3 Å². The van der Waals surface area contributed by atoms with Crippen LogP contribution in [0.3, 0.4) is 0 Å². The molecular weight excluding hydrogens is 308 g/mol. The van der Waals surface area contributed by atoms with Crippen LogP contribution in [0.4, 0.5) is 0 Å². The molecular formula is C17H18N4O3. The number of likely N-dealkylation sites (tertiary alicyclic amines) is 1. The number of carbonyl (C=O) groups excluding carboxylic acids is 2. The summed E-state index contributed by atoms with van der Waals surface area (Å²) in [6, 6.07) is 9.62. The van der Waals surface area contributed by atoms with E-state index in [1.165, 1.54) is 0 Å². The van der Waals surface area contributed by atoms with E-state index in [1.807, 2.05) is 30.3 Å². The molecule has 2 aliphatic rings. The van der Waals surface area contributed by atoms with Gasteiger partial charge in [-0.05, 0) is 12.8 Å².